The Kier molecular flexibility index (Phi) is 2.30. The molecule has 15 heavy (non-hydrogen) atoms. The zero-order valence-corrected chi connectivity index (χ0v) is 8.78. The lowest BCUT2D eigenvalue weighted by Crippen LogP contribution is -2.39. The van der Waals surface area contributed by atoms with Gasteiger partial charge < -0.3 is 5.32 Å². The normalized spacial score (nSPS) is 20.0. The number of amides is 1. The summed E-state index contributed by atoms with van der Waals surface area (Å²) in [5.74, 6) is -0.554. The SMILES string of the molecule is CCc1cc2n(n1)C(=O)C(CC)C(=O)N2. The van der Waals surface area contributed by atoms with Crippen molar-refractivity contribution in [1.82, 2.24) is 9.78 Å². The lowest BCUT2D eigenvalue weighted by molar-refractivity contribution is -0.119. The van der Waals surface area contributed by atoms with Gasteiger partial charge in [0.05, 0.1) is 5.69 Å². The lowest BCUT2D eigenvalue weighted by atomic mass is 10.0. The minimum absolute atomic E-state index is 0.224. The Morgan fingerprint density at radius 1 is 1.47 bits per heavy atom. The second-order valence-corrected chi connectivity index (χ2v) is 3.57. The van der Waals surface area contributed by atoms with E-state index in [1.807, 2.05) is 13.8 Å². The third-order valence-corrected chi connectivity index (χ3v) is 2.61. The van der Waals surface area contributed by atoms with Crippen LogP contribution in [-0.4, -0.2) is 21.6 Å². The van der Waals surface area contributed by atoms with E-state index in [9.17, 15) is 9.59 Å². The van der Waals surface area contributed by atoms with Crippen molar-refractivity contribution in [2.75, 3.05) is 5.32 Å². The highest BCUT2D eigenvalue weighted by molar-refractivity contribution is 6.11. The number of carbonyl (C=O) groups excluding carboxylic acids is 2. The number of hydrogen-bond acceptors (Lipinski definition) is 3. The fourth-order valence-electron chi connectivity index (χ4n) is 1.69. The summed E-state index contributed by atoms with van der Waals surface area (Å²) in [6.07, 6.45) is 1.26. The van der Waals surface area contributed by atoms with Crippen molar-refractivity contribution in [2.45, 2.75) is 26.7 Å². The molecule has 2 heterocycles. The average Bonchev–Trinajstić information content (AvgIpc) is 2.61. The van der Waals surface area contributed by atoms with Gasteiger partial charge in [0.15, 0.2) is 0 Å². The second-order valence-electron chi connectivity index (χ2n) is 3.57. The summed E-state index contributed by atoms with van der Waals surface area (Å²) in [5, 5.41) is 6.82. The van der Waals surface area contributed by atoms with Gasteiger partial charge in [0.1, 0.15) is 11.7 Å². The summed E-state index contributed by atoms with van der Waals surface area (Å²) in [7, 11) is 0. The first-order valence-electron chi connectivity index (χ1n) is 5.11. The van der Waals surface area contributed by atoms with Gasteiger partial charge >= 0.3 is 0 Å². The van der Waals surface area contributed by atoms with Crippen molar-refractivity contribution in [3.05, 3.63) is 11.8 Å². The molecule has 0 fully saturated rings. The second kappa shape index (κ2) is 3.49. The highest BCUT2D eigenvalue weighted by Crippen LogP contribution is 2.21. The van der Waals surface area contributed by atoms with Gasteiger partial charge in [-0.05, 0) is 12.8 Å². The van der Waals surface area contributed by atoms with Crippen molar-refractivity contribution in [1.29, 1.82) is 0 Å². The highest BCUT2D eigenvalue weighted by Gasteiger charge is 2.33. The van der Waals surface area contributed by atoms with Crippen LogP contribution in [0.2, 0.25) is 0 Å². The minimum Gasteiger partial charge on any atom is -0.310 e. The van der Waals surface area contributed by atoms with Crippen LogP contribution in [0.4, 0.5) is 5.82 Å². The van der Waals surface area contributed by atoms with Gasteiger partial charge in [-0.15, -0.1) is 0 Å². The lowest BCUT2D eigenvalue weighted by Gasteiger charge is -2.20. The zero-order valence-electron chi connectivity index (χ0n) is 8.78. The van der Waals surface area contributed by atoms with E-state index in [0.29, 0.717) is 12.2 Å². The third-order valence-electron chi connectivity index (χ3n) is 2.61. The molecular formula is C10H13N3O2. The van der Waals surface area contributed by atoms with Crippen molar-refractivity contribution < 1.29 is 9.59 Å². The molecule has 1 aromatic rings. The fraction of sp³-hybridized carbons (Fsp3) is 0.500. The molecule has 5 nitrogen and oxygen atoms in total. The van der Waals surface area contributed by atoms with Crippen molar-refractivity contribution in [2.24, 2.45) is 5.92 Å². The number of carbonyl (C=O) groups is 2. The number of aromatic nitrogens is 2. The summed E-state index contributed by atoms with van der Waals surface area (Å²) in [4.78, 5) is 23.4. The zero-order chi connectivity index (χ0) is 11.0. The molecule has 1 N–H and O–H groups in total. The molecule has 1 unspecified atom stereocenters. The number of fused-ring (bicyclic) bond motifs is 1. The van der Waals surface area contributed by atoms with E-state index in [4.69, 9.17) is 0 Å². The van der Waals surface area contributed by atoms with Crippen molar-refractivity contribution >= 4 is 17.6 Å². The molecule has 1 aliphatic heterocycles. The van der Waals surface area contributed by atoms with Gasteiger partial charge in [-0.1, -0.05) is 13.8 Å². The number of nitrogens with zero attached hydrogens (tertiary/aromatic N) is 2. The van der Waals surface area contributed by atoms with Gasteiger partial charge in [-0.25, -0.2) is 0 Å². The van der Waals surface area contributed by atoms with Crippen LogP contribution in [0.3, 0.4) is 0 Å². The molecule has 2 rings (SSSR count). The maximum atomic E-state index is 11.8. The fourth-order valence-corrected chi connectivity index (χ4v) is 1.69. The minimum atomic E-state index is -0.595. The van der Waals surface area contributed by atoms with Crippen LogP contribution in [-0.2, 0) is 11.2 Å². The van der Waals surface area contributed by atoms with Gasteiger partial charge in [-0.3, -0.25) is 9.59 Å². The Hall–Kier alpha value is -1.65. The summed E-state index contributed by atoms with van der Waals surface area (Å²) in [5.41, 5.74) is 0.815. The maximum absolute atomic E-state index is 11.8. The molecule has 1 amide bonds. The van der Waals surface area contributed by atoms with Crippen LogP contribution in [0.15, 0.2) is 6.07 Å². The summed E-state index contributed by atoms with van der Waals surface area (Å²) in [6.45, 7) is 3.77. The summed E-state index contributed by atoms with van der Waals surface area (Å²) >= 11 is 0. The molecule has 0 aliphatic carbocycles. The van der Waals surface area contributed by atoms with Gasteiger partial charge in [-0.2, -0.15) is 9.78 Å². The number of aryl methyl sites for hydroxylation is 1. The van der Waals surface area contributed by atoms with E-state index in [-0.39, 0.29) is 11.8 Å². The molecule has 0 spiro atoms. The van der Waals surface area contributed by atoms with E-state index >= 15 is 0 Å². The molecule has 0 aromatic carbocycles. The molecular weight excluding hydrogens is 194 g/mol. The molecule has 1 atom stereocenters. The average molecular weight is 207 g/mol. The molecule has 0 radical (unpaired) electrons. The van der Waals surface area contributed by atoms with Gasteiger partial charge in [0.25, 0.3) is 5.91 Å². The van der Waals surface area contributed by atoms with E-state index in [2.05, 4.69) is 10.4 Å². The quantitative estimate of drug-likeness (QED) is 0.737. The van der Waals surface area contributed by atoms with E-state index in [1.54, 1.807) is 6.07 Å². The first-order chi connectivity index (χ1) is 7.17. The highest BCUT2D eigenvalue weighted by atomic mass is 16.2. The molecule has 0 bridgehead atoms. The van der Waals surface area contributed by atoms with Crippen LogP contribution in [0.5, 0.6) is 0 Å². The molecule has 0 saturated carbocycles. The first kappa shape index (κ1) is 9.89. The van der Waals surface area contributed by atoms with E-state index in [1.165, 1.54) is 4.68 Å². The topological polar surface area (TPSA) is 64.0 Å². The molecule has 1 aromatic heterocycles. The van der Waals surface area contributed by atoms with Crippen LogP contribution in [0.25, 0.3) is 0 Å². The standard InChI is InChI=1S/C10H13N3O2/c1-3-6-5-8-11-9(14)7(4-2)10(15)13(8)12-6/h5,7H,3-4H2,1-2H3,(H,11,14). The largest absolute Gasteiger partial charge is 0.310 e. The van der Waals surface area contributed by atoms with Crippen LogP contribution >= 0.6 is 0 Å². The molecule has 5 heteroatoms. The predicted molar refractivity (Wildman–Crippen MR) is 54.6 cm³/mol. The summed E-state index contributed by atoms with van der Waals surface area (Å²) < 4.78 is 1.30. The molecule has 80 valence electrons. The van der Waals surface area contributed by atoms with Crippen LogP contribution in [0, 0.1) is 5.92 Å². The summed E-state index contributed by atoms with van der Waals surface area (Å²) in [6, 6.07) is 1.74. The van der Waals surface area contributed by atoms with Gasteiger partial charge in [0.2, 0.25) is 5.91 Å². The Morgan fingerprint density at radius 3 is 2.80 bits per heavy atom. The molecule has 0 saturated heterocycles. The van der Waals surface area contributed by atoms with Crippen LogP contribution < -0.4 is 5.32 Å². The van der Waals surface area contributed by atoms with Crippen molar-refractivity contribution in [3.63, 3.8) is 0 Å². The Balaban J connectivity index is 2.44. The van der Waals surface area contributed by atoms with Gasteiger partial charge in [0, 0.05) is 6.07 Å². The Labute approximate surface area is 87.5 Å². The molecule has 1 aliphatic rings. The first-order valence-corrected chi connectivity index (χ1v) is 5.11. The number of hydrogen-bond donors (Lipinski definition) is 1. The predicted octanol–water partition coefficient (Wildman–Crippen LogP) is 1.06. The Morgan fingerprint density at radius 2 is 2.20 bits per heavy atom. The maximum Gasteiger partial charge on any atom is 0.261 e. The Bertz CT molecular complexity index is 422. The van der Waals surface area contributed by atoms with E-state index < -0.39 is 5.92 Å². The van der Waals surface area contributed by atoms with E-state index in [0.717, 1.165) is 12.1 Å². The number of rotatable bonds is 2. The smallest absolute Gasteiger partial charge is 0.261 e. The van der Waals surface area contributed by atoms with Crippen molar-refractivity contribution in [3.8, 4) is 0 Å². The monoisotopic (exact) mass is 207 g/mol. The number of anilines is 1. The third kappa shape index (κ3) is 1.44. The van der Waals surface area contributed by atoms with Crippen LogP contribution in [0.1, 0.15) is 30.8 Å². The number of nitrogens with one attached hydrogen (secondary N) is 1.